The van der Waals surface area contributed by atoms with Crippen LogP contribution in [0.3, 0.4) is 0 Å². The molecule has 26 heteroatoms. The molecule has 6 aliphatic rings. The number of hydrogen-bond donors (Lipinski definition) is 10. The minimum absolute atomic E-state index is 0.155. The second-order valence-electron chi connectivity index (χ2n) is 21.2. The molecule has 3 fully saturated rings. The third kappa shape index (κ3) is 9.73. The number of nitrogens with zero attached hydrogens (tertiary/aromatic N) is 3. The molecule has 24 nitrogen and oxygen atoms in total. The van der Waals surface area contributed by atoms with Crippen molar-refractivity contribution in [2.45, 2.75) is 118 Å². The SMILES string of the molecule is CC[C@]12C=CCN3CC[C@@]4(c5cc([C@@]6(C(=O)OC)C[C@@H]7C[C@@H](C(C)(F)F)CN(Cc8c6[nH]c6ccccc86)C7)c(OC)cc5N(C)[C@H]4[C@@](O)(C(=O)OC)[C@@H]1OC(C)=O)[C@@H]32.O=C(O)[C@H](O)[C@@H](O)C(=O)O.O=C(O)[C@H](O)[C@@H](O)C(=O)O. The van der Waals surface area contributed by atoms with E-state index in [1.54, 1.807) is 0 Å². The van der Waals surface area contributed by atoms with Gasteiger partial charge in [0.05, 0.1) is 27.4 Å². The topological polar surface area (TPSA) is 364 Å². The monoisotopic (exact) mass is 1120 g/mol. The van der Waals surface area contributed by atoms with Crippen molar-refractivity contribution < 1.29 is 107 Å². The molecule has 10 N–H and O–H groups in total. The van der Waals surface area contributed by atoms with Crippen LogP contribution >= 0.6 is 0 Å². The predicted molar refractivity (Wildman–Crippen MR) is 269 cm³/mol. The number of likely N-dealkylation sites (N-methyl/N-ethyl adjacent to an activating group) is 1. The first-order valence-electron chi connectivity index (χ1n) is 25.3. The molecule has 3 aromatic rings. The van der Waals surface area contributed by atoms with Gasteiger partial charge < -0.3 is 74.8 Å². The van der Waals surface area contributed by atoms with E-state index in [4.69, 9.17) is 59.8 Å². The van der Waals surface area contributed by atoms with Crippen LogP contribution in [0.4, 0.5) is 14.5 Å². The van der Waals surface area contributed by atoms with Crippen LogP contribution in [0.25, 0.3) is 10.9 Å². The molecule has 79 heavy (non-hydrogen) atoms. The number of halogens is 2. The first kappa shape index (κ1) is 59.8. The average molecular weight is 1120 g/mol. The van der Waals surface area contributed by atoms with E-state index >= 15 is 13.6 Å². The van der Waals surface area contributed by atoms with E-state index in [0.29, 0.717) is 61.7 Å². The van der Waals surface area contributed by atoms with E-state index in [1.807, 2.05) is 67.4 Å². The fourth-order valence-electron chi connectivity index (χ4n) is 13.8. The summed E-state index contributed by atoms with van der Waals surface area (Å²) in [6.45, 7) is 6.55. The van der Waals surface area contributed by atoms with Gasteiger partial charge in [0.25, 0.3) is 0 Å². The zero-order chi connectivity index (χ0) is 58.6. The van der Waals surface area contributed by atoms with Gasteiger partial charge in [-0.05, 0) is 68.3 Å². The van der Waals surface area contributed by atoms with Gasteiger partial charge in [-0.1, -0.05) is 37.3 Å². The van der Waals surface area contributed by atoms with Crippen LogP contribution < -0.4 is 9.64 Å². The number of piperidine rings is 1. The number of carboxylic acids is 4. The Balaban J connectivity index is 0.000000384. The van der Waals surface area contributed by atoms with Gasteiger partial charge in [-0.2, -0.15) is 0 Å². The zero-order valence-corrected chi connectivity index (χ0v) is 44.3. The van der Waals surface area contributed by atoms with Crippen molar-refractivity contribution in [2.75, 3.05) is 59.5 Å². The standard InChI is InChI=1S/C45H54F2N4O8.2C4H6O6/c1-8-42-14-11-16-51-17-15-43(36(42)51)30-19-31(34(56-5)20-33(30)49(4)37(43)45(55,40(54)58-7)38(42)59-25(2)52)44(39(53)57-6)21-26-18-27(41(3,46)47)23-50(22-26)24-29-28-12-9-10-13-32(28)48-35(29)44;2*5-1(3(7)8)2(6)4(9)10/h9-14,19-20,26-27,36-38,48,55H,8,15-18,21-24H2,1-7H3;2*1-2,5-6H,(H,7,8)(H,9,10)/t26-,27+,36-,37+,38+,42+,43+,44-,45-;2*1-,2-/m011/s1. The van der Waals surface area contributed by atoms with Gasteiger partial charge in [-0.25, -0.2) is 32.8 Å². The molecule has 5 aliphatic heterocycles. The molecule has 0 amide bonds. The Morgan fingerprint density at radius 3 is 1.94 bits per heavy atom. The van der Waals surface area contributed by atoms with Gasteiger partial charge in [0.15, 0.2) is 30.5 Å². The summed E-state index contributed by atoms with van der Waals surface area (Å²) in [6.07, 6.45) is -5.03. The maximum absolute atomic E-state index is 15.3. The van der Waals surface area contributed by atoms with Crippen LogP contribution in [0.2, 0.25) is 0 Å². The summed E-state index contributed by atoms with van der Waals surface area (Å²) in [4.78, 5) is 91.6. The van der Waals surface area contributed by atoms with E-state index in [9.17, 15) is 33.9 Å². The van der Waals surface area contributed by atoms with E-state index in [0.717, 1.165) is 29.0 Å². The molecule has 0 radical (unpaired) electrons. The van der Waals surface area contributed by atoms with E-state index < -0.39 is 112 Å². The first-order chi connectivity index (χ1) is 37.0. The lowest BCUT2D eigenvalue weighted by atomic mass is 9.47. The van der Waals surface area contributed by atoms with Crippen LogP contribution in [0, 0.1) is 17.3 Å². The minimum Gasteiger partial charge on any atom is -0.496 e. The molecule has 6 heterocycles. The van der Waals surface area contributed by atoms with Gasteiger partial charge in [-0.3, -0.25) is 19.4 Å². The van der Waals surface area contributed by atoms with Crippen molar-refractivity contribution >= 4 is 58.4 Å². The number of rotatable bonds is 13. The molecular formula is C53H66F2N4O20. The zero-order valence-electron chi connectivity index (χ0n) is 44.3. The van der Waals surface area contributed by atoms with Crippen molar-refractivity contribution in [3.8, 4) is 5.75 Å². The van der Waals surface area contributed by atoms with Crippen LogP contribution in [0.15, 0.2) is 48.6 Å². The number of H-pyrrole nitrogens is 1. The van der Waals surface area contributed by atoms with Crippen LogP contribution in [-0.4, -0.2) is 211 Å². The summed E-state index contributed by atoms with van der Waals surface area (Å²) < 4.78 is 54.3. The molecule has 1 aliphatic carbocycles. The third-order valence-electron chi connectivity index (χ3n) is 16.9. The quantitative estimate of drug-likeness (QED) is 0.0644. The Bertz CT molecular complexity index is 2860. The number of aromatic amines is 1. The number of ether oxygens (including phenoxy) is 4. The molecule has 1 spiro atoms. The Morgan fingerprint density at radius 2 is 1.42 bits per heavy atom. The Labute approximate surface area is 450 Å². The number of methoxy groups -OCH3 is 3. The highest BCUT2D eigenvalue weighted by Gasteiger charge is 2.80. The molecule has 432 valence electrons. The highest BCUT2D eigenvalue weighted by atomic mass is 19.3. The molecule has 1 saturated carbocycles. The fraction of sp³-hybridized carbons (Fsp3) is 0.566. The van der Waals surface area contributed by atoms with Crippen molar-refractivity contribution in [1.82, 2.24) is 14.8 Å². The number of para-hydroxylation sites is 1. The maximum Gasteiger partial charge on any atom is 0.344 e. The van der Waals surface area contributed by atoms with Crippen LogP contribution in [0.5, 0.6) is 5.75 Å². The number of fused-ring (bicyclic) bond motifs is 6. The fourth-order valence-corrected chi connectivity index (χ4v) is 13.8. The number of anilines is 1. The number of hydrogen-bond acceptors (Lipinski definition) is 19. The van der Waals surface area contributed by atoms with Crippen molar-refractivity contribution in [3.05, 3.63) is 70.9 Å². The number of aliphatic hydroxyl groups is 5. The van der Waals surface area contributed by atoms with Gasteiger partial charge >= 0.3 is 41.8 Å². The number of aromatic nitrogens is 1. The number of nitrogens with one attached hydrogen (secondary N) is 1. The number of benzene rings is 2. The van der Waals surface area contributed by atoms with Crippen molar-refractivity contribution in [2.24, 2.45) is 17.3 Å². The smallest absolute Gasteiger partial charge is 0.344 e. The summed E-state index contributed by atoms with van der Waals surface area (Å²) in [5, 5.41) is 79.2. The molecular weight excluding hydrogens is 1050 g/mol. The van der Waals surface area contributed by atoms with Gasteiger partial charge in [-0.15, -0.1) is 0 Å². The minimum atomic E-state index is -2.94. The Hall–Kier alpha value is -6.81. The molecule has 2 aromatic carbocycles. The molecule has 9 rings (SSSR count). The van der Waals surface area contributed by atoms with Crippen molar-refractivity contribution in [1.29, 1.82) is 0 Å². The molecule has 2 saturated heterocycles. The lowest BCUT2D eigenvalue weighted by Crippen LogP contribution is -2.81. The molecule has 1 unspecified atom stereocenters. The summed E-state index contributed by atoms with van der Waals surface area (Å²) in [5.74, 6) is -13.0. The number of carbonyl (C=O) groups excluding carboxylic acids is 3. The van der Waals surface area contributed by atoms with Crippen molar-refractivity contribution in [3.63, 3.8) is 0 Å². The van der Waals surface area contributed by atoms with E-state index in [-0.39, 0.29) is 31.3 Å². The molecule has 14 atom stereocenters. The van der Waals surface area contributed by atoms with Gasteiger partial charge in [0, 0.05) is 96.9 Å². The number of carbonyl (C=O) groups is 7. The second kappa shape index (κ2) is 22.0. The maximum atomic E-state index is 15.3. The predicted octanol–water partition coefficient (Wildman–Crippen LogP) is 0.834. The summed E-state index contributed by atoms with van der Waals surface area (Å²) >= 11 is 0. The Kier molecular flexibility index (Phi) is 16.7. The highest BCUT2D eigenvalue weighted by molar-refractivity contribution is 5.95. The number of aliphatic hydroxyl groups excluding tert-OH is 4. The number of carboxylic acid groups (broad SMARTS) is 4. The number of alkyl halides is 2. The summed E-state index contributed by atoms with van der Waals surface area (Å²) in [5.41, 5.74) is -1.64. The van der Waals surface area contributed by atoms with Gasteiger partial charge in [0.2, 0.25) is 11.5 Å². The van der Waals surface area contributed by atoms with Crippen LogP contribution in [-0.2, 0) is 65.1 Å². The Morgan fingerprint density at radius 1 is 0.835 bits per heavy atom. The molecule has 1 aromatic heterocycles. The highest BCUT2D eigenvalue weighted by Crippen LogP contribution is 2.68. The first-order valence-corrected chi connectivity index (χ1v) is 25.3. The lowest BCUT2D eigenvalue weighted by molar-refractivity contribution is -0.228. The largest absolute Gasteiger partial charge is 0.496 e. The number of aliphatic carboxylic acids is 4. The summed E-state index contributed by atoms with van der Waals surface area (Å²) in [7, 11) is 5.94. The summed E-state index contributed by atoms with van der Waals surface area (Å²) in [6, 6.07) is 10.3. The van der Waals surface area contributed by atoms with Crippen LogP contribution in [0.1, 0.15) is 68.8 Å². The normalized spacial score (nSPS) is 30.7. The molecule has 2 bridgehead atoms. The van der Waals surface area contributed by atoms with E-state index in [2.05, 4.69) is 14.8 Å². The third-order valence-corrected chi connectivity index (χ3v) is 16.9. The number of esters is 3. The van der Waals surface area contributed by atoms with Gasteiger partial charge in [0.1, 0.15) is 11.2 Å². The average Bonchev–Trinajstić information content (AvgIpc) is 2.36. The lowest BCUT2D eigenvalue weighted by Gasteiger charge is -2.63. The van der Waals surface area contributed by atoms with E-state index in [1.165, 1.54) is 28.3 Å². The second-order valence-corrected chi connectivity index (χ2v) is 21.2.